The molecule has 6 nitrogen and oxygen atoms in total. The van der Waals surface area contributed by atoms with E-state index in [1.54, 1.807) is 36.4 Å². The average Bonchev–Trinajstić information content (AvgIpc) is 2.65. The van der Waals surface area contributed by atoms with E-state index in [4.69, 9.17) is 11.6 Å². The summed E-state index contributed by atoms with van der Waals surface area (Å²) in [6, 6.07) is 12.9. The Kier molecular flexibility index (Phi) is 6.97. The Bertz CT molecular complexity index is 823. The summed E-state index contributed by atoms with van der Waals surface area (Å²) in [4.78, 5) is 26.7. The molecule has 0 atom stereocenters. The molecule has 1 aliphatic rings. The molecule has 2 amide bonds. The average molecular weight is 407 g/mol. The molecule has 0 aliphatic carbocycles. The minimum absolute atomic E-state index is 0.0374. The highest BCUT2D eigenvalue weighted by molar-refractivity contribution is 6.30. The van der Waals surface area contributed by atoms with E-state index >= 15 is 0 Å². The van der Waals surface area contributed by atoms with Crippen molar-refractivity contribution in [2.75, 3.05) is 49.9 Å². The summed E-state index contributed by atoms with van der Waals surface area (Å²) >= 11 is 5.84. The molecule has 0 aromatic heterocycles. The quantitative estimate of drug-likeness (QED) is 0.538. The Balaban J connectivity index is 1.38. The van der Waals surface area contributed by atoms with E-state index < -0.39 is 0 Å². The number of hydrogen-bond donors (Lipinski definition) is 4. The van der Waals surface area contributed by atoms with Gasteiger partial charge in [-0.15, -0.1) is 0 Å². The maximum Gasteiger partial charge on any atom is 0.279 e. The third kappa shape index (κ3) is 6.30. The zero-order valence-corrected chi connectivity index (χ0v) is 16.2. The SMILES string of the molecule is O=C(C[NH+]1CC[NH+](CC(=O)Nc2cccc(F)c2)CC1)Nc1ccc(Cl)cc1. The second-order valence-electron chi connectivity index (χ2n) is 6.97. The summed E-state index contributed by atoms with van der Waals surface area (Å²) < 4.78 is 13.2. The lowest BCUT2D eigenvalue weighted by molar-refractivity contribution is -1.00. The minimum Gasteiger partial charge on any atom is -0.321 e. The fourth-order valence-corrected chi connectivity index (χ4v) is 3.40. The molecule has 1 fully saturated rings. The van der Waals surface area contributed by atoms with Crippen LogP contribution in [0.1, 0.15) is 0 Å². The van der Waals surface area contributed by atoms with E-state index in [2.05, 4.69) is 10.6 Å². The van der Waals surface area contributed by atoms with Crippen LogP contribution in [0, 0.1) is 5.82 Å². The van der Waals surface area contributed by atoms with Crippen molar-refractivity contribution in [2.24, 2.45) is 0 Å². The first-order valence-corrected chi connectivity index (χ1v) is 9.64. The summed E-state index contributed by atoms with van der Waals surface area (Å²) in [5, 5.41) is 6.23. The number of anilines is 2. The Labute approximate surface area is 168 Å². The first-order valence-electron chi connectivity index (χ1n) is 9.26. The number of carbonyl (C=O) groups is 2. The number of quaternary nitrogens is 2. The normalized spacial score (nSPS) is 19.1. The molecular weight excluding hydrogens is 383 g/mol. The van der Waals surface area contributed by atoms with Crippen molar-refractivity contribution in [1.82, 2.24) is 0 Å². The lowest BCUT2D eigenvalue weighted by atomic mass is 10.2. The zero-order chi connectivity index (χ0) is 19.9. The zero-order valence-electron chi connectivity index (χ0n) is 15.4. The van der Waals surface area contributed by atoms with Crippen molar-refractivity contribution >= 4 is 34.8 Å². The Morgan fingerprint density at radius 3 is 1.93 bits per heavy atom. The first kappa shape index (κ1) is 20.3. The predicted octanol–water partition coefficient (Wildman–Crippen LogP) is -0.160. The second kappa shape index (κ2) is 9.64. The highest BCUT2D eigenvalue weighted by atomic mass is 35.5. The van der Waals surface area contributed by atoms with E-state index in [9.17, 15) is 14.0 Å². The first-order chi connectivity index (χ1) is 13.5. The molecule has 148 valence electrons. The molecule has 0 bridgehead atoms. The Morgan fingerprint density at radius 2 is 1.39 bits per heavy atom. The van der Waals surface area contributed by atoms with Crippen LogP contribution in [0.2, 0.25) is 5.02 Å². The summed E-state index contributed by atoms with van der Waals surface area (Å²) in [6.45, 7) is 3.97. The van der Waals surface area contributed by atoms with E-state index in [0.29, 0.717) is 23.8 Å². The van der Waals surface area contributed by atoms with Crippen molar-refractivity contribution in [3.05, 3.63) is 59.4 Å². The van der Waals surface area contributed by atoms with E-state index in [0.717, 1.165) is 36.8 Å². The maximum atomic E-state index is 13.2. The largest absolute Gasteiger partial charge is 0.321 e. The van der Waals surface area contributed by atoms with Gasteiger partial charge in [0.1, 0.15) is 32.0 Å². The van der Waals surface area contributed by atoms with Crippen LogP contribution in [-0.4, -0.2) is 51.1 Å². The van der Waals surface area contributed by atoms with Crippen LogP contribution in [0.15, 0.2) is 48.5 Å². The van der Waals surface area contributed by atoms with E-state index in [1.165, 1.54) is 17.0 Å². The molecule has 0 unspecified atom stereocenters. The number of benzene rings is 2. The topological polar surface area (TPSA) is 67.1 Å². The van der Waals surface area contributed by atoms with Crippen LogP contribution in [-0.2, 0) is 9.59 Å². The fraction of sp³-hybridized carbons (Fsp3) is 0.300. The van der Waals surface area contributed by atoms with Gasteiger partial charge in [0.25, 0.3) is 11.8 Å². The van der Waals surface area contributed by atoms with Crippen molar-refractivity contribution in [3.63, 3.8) is 0 Å². The molecule has 0 spiro atoms. The summed E-state index contributed by atoms with van der Waals surface area (Å²) in [6.07, 6.45) is 0. The van der Waals surface area contributed by atoms with Gasteiger partial charge in [0.2, 0.25) is 0 Å². The van der Waals surface area contributed by atoms with Crippen LogP contribution < -0.4 is 20.4 Å². The number of hydrogen-bond acceptors (Lipinski definition) is 2. The maximum absolute atomic E-state index is 13.2. The summed E-state index contributed by atoms with van der Waals surface area (Å²) in [5.74, 6) is -0.548. The highest BCUT2D eigenvalue weighted by Crippen LogP contribution is 2.12. The van der Waals surface area contributed by atoms with Crippen LogP contribution in [0.3, 0.4) is 0 Å². The summed E-state index contributed by atoms with van der Waals surface area (Å²) in [5.41, 5.74) is 1.19. The van der Waals surface area contributed by atoms with Gasteiger partial charge < -0.3 is 20.4 Å². The molecule has 2 aromatic rings. The van der Waals surface area contributed by atoms with Gasteiger partial charge in [-0.2, -0.15) is 0 Å². The third-order valence-electron chi connectivity index (χ3n) is 4.72. The lowest BCUT2D eigenvalue weighted by Crippen LogP contribution is -3.28. The number of halogens is 2. The number of carbonyl (C=O) groups excluding carboxylic acids is 2. The van der Waals surface area contributed by atoms with Gasteiger partial charge in [-0.05, 0) is 42.5 Å². The fourth-order valence-electron chi connectivity index (χ4n) is 3.27. The van der Waals surface area contributed by atoms with Crippen molar-refractivity contribution < 1.29 is 23.8 Å². The molecule has 4 N–H and O–H groups in total. The van der Waals surface area contributed by atoms with Gasteiger partial charge in [0, 0.05) is 16.4 Å². The van der Waals surface area contributed by atoms with Gasteiger partial charge in [-0.25, -0.2) is 4.39 Å². The molecule has 3 rings (SSSR count). The molecule has 8 heteroatoms. The van der Waals surface area contributed by atoms with Crippen molar-refractivity contribution in [3.8, 4) is 0 Å². The van der Waals surface area contributed by atoms with Crippen molar-refractivity contribution in [1.29, 1.82) is 0 Å². The third-order valence-corrected chi connectivity index (χ3v) is 4.97. The van der Waals surface area contributed by atoms with Crippen LogP contribution in [0.25, 0.3) is 0 Å². The van der Waals surface area contributed by atoms with Gasteiger partial charge in [-0.1, -0.05) is 17.7 Å². The van der Waals surface area contributed by atoms with Gasteiger partial charge in [0.05, 0.1) is 0 Å². The number of nitrogens with one attached hydrogen (secondary N) is 4. The molecule has 0 saturated carbocycles. The molecular formula is C20H24ClFN4O2+2. The second-order valence-corrected chi connectivity index (χ2v) is 7.40. The molecule has 1 aliphatic heterocycles. The standard InChI is InChI=1S/C20H22ClFN4O2/c21-15-4-6-17(7-5-15)23-19(27)13-25-8-10-26(11-9-25)14-20(28)24-18-3-1-2-16(22)12-18/h1-7,12H,8-11,13-14H2,(H,23,27)(H,24,28)/p+2. The number of piperazine rings is 1. The van der Waals surface area contributed by atoms with E-state index in [-0.39, 0.29) is 17.6 Å². The summed E-state index contributed by atoms with van der Waals surface area (Å²) in [7, 11) is 0. The molecule has 1 heterocycles. The lowest BCUT2D eigenvalue weighted by Gasteiger charge is -2.28. The van der Waals surface area contributed by atoms with E-state index in [1.807, 2.05) is 0 Å². The number of rotatable bonds is 6. The molecule has 28 heavy (non-hydrogen) atoms. The predicted molar refractivity (Wildman–Crippen MR) is 106 cm³/mol. The molecule has 0 radical (unpaired) electrons. The number of amides is 2. The molecule has 1 saturated heterocycles. The minimum atomic E-state index is -0.376. The monoisotopic (exact) mass is 406 g/mol. The Morgan fingerprint density at radius 1 is 0.857 bits per heavy atom. The van der Waals surface area contributed by atoms with Crippen LogP contribution in [0.4, 0.5) is 15.8 Å². The van der Waals surface area contributed by atoms with Crippen molar-refractivity contribution in [2.45, 2.75) is 0 Å². The molecule has 2 aromatic carbocycles. The van der Waals surface area contributed by atoms with Gasteiger partial charge in [0.15, 0.2) is 13.1 Å². The highest BCUT2D eigenvalue weighted by Gasteiger charge is 2.26. The smallest absolute Gasteiger partial charge is 0.279 e. The van der Waals surface area contributed by atoms with Crippen LogP contribution >= 0.6 is 11.6 Å². The van der Waals surface area contributed by atoms with Gasteiger partial charge in [-0.3, -0.25) is 9.59 Å². The van der Waals surface area contributed by atoms with Gasteiger partial charge >= 0.3 is 0 Å². The Hall–Kier alpha value is -2.48. The van der Waals surface area contributed by atoms with Crippen LogP contribution in [0.5, 0.6) is 0 Å².